The fourth-order valence-electron chi connectivity index (χ4n) is 4.45. The van der Waals surface area contributed by atoms with Crippen molar-refractivity contribution in [2.75, 3.05) is 6.61 Å². The predicted molar refractivity (Wildman–Crippen MR) is 103 cm³/mol. The summed E-state index contributed by atoms with van der Waals surface area (Å²) in [5.74, 6) is -0.258. The fraction of sp³-hybridized carbons (Fsp3) is 0.478. The van der Waals surface area contributed by atoms with Crippen molar-refractivity contribution in [1.29, 1.82) is 0 Å². The Labute approximate surface area is 159 Å². The van der Waals surface area contributed by atoms with E-state index in [4.69, 9.17) is 4.74 Å². The van der Waals surface area contributed by atoms with Crippen LogP contribution in [-0.4, -0.2) is 34.6 Å². The molecule has 2 aliphatic carbocycles. The third-order valence-corrected chi connectivity index (χ3v) is 5.94. The van der Waals surface area contributed by atoms with Crippen LogP contribution in [0.2, 0.25) is 0 Å². The number of benzene rings is 1. The first-order valence-electron chi connectivity index (χ1n) is 9.73. The summed E-state index contributed by atoms with van der Waals surface area (Å²) >= 11 is 0. The van der Waals surface area contributed by atoms with Gasteiger partial charge in [-0.15, -0.1) is 0 Å². The summed E-state index contributed by atoms with van der Waals surface area (Å²) in [4.78, 5) is 0. The van der Waals surface area contributed by atoms with Gasteiger partial charge in [0.05, 0.1) is 17.8 Å². The van der Waals surface area contributed by atoms with Crippen LogP contribution in [0.1, 0.15) is 45.1 Å². The third-order valence-electron chi connectivity index (χ3n) is 5.94. The van der Waals surface area contributed by atoms with Crippen molar-refractivity contribution in [2.24, 2.45) is 5.41 Å². The van der Waals surface area contributed by atoms with Crippen LogP contribution in [-0.2, 0) is 4.74 Å². The van der Waals surface area contributed by atoms with Gasteiger partial charge in [0.1, 0.15) is 5.82 Å². The molecule has 2 N–H and O–H groups in total. The van der Waals surface area contributed by atoms with Gasteiger partial charge in [-0.3, -0.25) is 0 Å². The SMILES string of the molecule is CC(C)(O)C1=CC(c2ccc(F)cc2)=C(/C=C/[C@H]2C[C@H](O)CCO2)C12CC2. The summed E-state index contributed by atoms with van der Waals surface area (Å²) in [6.45, 7) is 4.22. The normalized spacial score (nSPS) is 27.5. The largest absolute Gasteiger partial charge is 0.393 e. The van der Waals surface area contributed by atoms with Gasteiger partial charge in [-0.05, 0) is 67.5 Å². The molecule has 2 fully saturated rings. The zero-order valence-electron chi connectivity index (χ0n) is 15.9. The molecule has 2 atom stereocenters. The monoisotopic (exact) mass is 370 g/mol. The Kier molecular flexibility index (Phi) is 4.61. The second-order valence-electron chi connectivity index (χ2n) is 8.48. The summed E-state index contributed by atoms with van der Waals surface area (Å²) in [6.07, 6.45) is 9.09. The highest BCUT2D eigenvalue weighted by Crippen LogP contribution is 2.65. The van der Waals surface area contributed by atoms with Gasteiger partial charge in [-0.2, -0.15) is 0 Å². The molecule has 0 unspecified atom stereocenters. The third kappa shape index (κ3) is 3.54. The molecule has 1 heterocycles. The average molecular weight is 370 g/mol. The van der Waals surface area contributed by atoms with Gasteiger partial charge >= 0.3 is 0 Å². The Balaban J connectivity index is 1.73. The summed E-state index contributed by atoms with van der Waals surface area (Å²) in [5, 5.41) is 20.6. The molecule has 3 aliphatic rings. The fourth-order valence-corrected chi connectivity index (χ4v) is 4.45. The lowest BCUT2D eigenvalue weighted by atomic mass is 9.82. The molecule has 1 saturated carbocycles. The van der Waals surface area contributed by atoms with E-state index in [2.05, 4.69) is 12.2 Å². The van der Waals surface area contributed by atoms with Gasteiger partial charge in [0.2, 0.25) is 0 Å². The van der Waals surface area contributed by atoms with Gasteiger partial charge in [0.25, 0.3) is 0 Å². The molecule has 0 radical (unpaired) electrons. The number of aliphatic hydroxyl groups is 2. The molecule has 144 valence electrons. The van der Waals surface area contributed by atoms with Gasteiger partial charge in [-0.25, -0.2) is 4.39 Å². The molecule has 1 aromatic rings. The lowest BCUT2D eigenvalue weighted by molar-refractivity contribution is -0.0210. The number of halogens is 1. The lowest BCUT2D eigenvalue weighted by Gasteiger charge is -2.27. The quantitative estimate of drug-likeness (QED) is 0.836. The molecule has 1 saturated heterocycles. The van der Waals surface area contributed by atoms with E-state index in [-0.39, 0.29) is 23.4 Å². The predicted octanol–water partition coefficient (Wildman–Crippen LogP) is 4.17. The Bertz CT molecular complexity index is 807. The van der Waals surface area contributed by atoms with Crippen molar-refractivity contribution in [2.45, 2.75) is 57.3 Å². The summed E-state index contributed by atoms with van der Waals surface area (Å²) in [6, 6.07) is 6.53. The van der Waals surface area contributed by atoms with Crippen LogP contribution in [0.5, 0.6) is 0 Å². The van der Waals surface area contributed by atoms with E-state index >= 15 is 0 Å². The number of hydrogen-bond acceptors (Lipinski definition) is 3. The molecule has 0 aromatic heterocycles. The molecule has 4 heteroatoms. The molecule has 1 spiro atoms. The highest BCUT2D eigenvalue weighted by Gasteiger charge is 2.55. The van der Waals surface area contributed by atoms with E-state index in [0.717, 1.165) is 35.1 Å². The van der Waals surface area contributed by atoms with E-state index in [1.165, 1.54) is 12.1 Å². The van der Waals surface area contributed by atoms with Crippen molar-refractivity contribution >= 4 is 5.57 Å². The van der Waals surface area contributed by atoms with Gasteiger partial charge in [0.15, 0.2) is 0 Å². The van der Waals surface area contributed by atoms with Crippen molar-refractivity contribution in [3.05, 3.63) is 65.0 Å². The van der Waals surface area contributed by atoms with Crippen molar-refractivity contribution in [3.63, 3.8) is 0 Å². The maximum atomic E-state index is 13.4. The Morgan fingerprint density at radius 2 is 1.93 bits per heavy atom. The molecular formula is C23H27FO3. The summed E-state index contributed by atoms with van der Waals surface area (Å²) in [7, 11) is 0. The smallest absolute Gasteiger partial charge is 0.123 e. The highest BCUT2D eigenvalue weighted by atomic mass is 19.1. The molecule has 0 bridgehead atoms. The molecule has 4 rings (SSSR count). The maximum Gasteiger partial charge on any atom is 0.123 e. The summed E-state index contributed by atoms with van der Waals surface area (Å²) in [5.41, 5.74) is 3.14. The molecule has 27 heavy (non-hydrogen) atoms. The number of hydrogen-bond donors (Lipinski definition) is 2. The standard InChI is InChI=1S/C23H27FO3/c1-22(2,26)21-14-19(15-3-5-16(24)6-4-15)20(23(21)10-11-23)8-7-18-13-17(25)9-12-27-18/h3-8,14,17-18,25-26H,9-13H2,1-2H3/b8-7+/t17-,18+/m1/s1. The van der Waals surface area contributed by atoms with Crippen LogP contribution in [0.3, 0.4) is 0 Å². The van der Waals surface area contributed by atoms with Crippen LogP contribution in [0.15, 0.2) is 53.6 Å². The number of allylic oxidation sites excluding steroid dienone is 4. The number of ether oxygens (including phenoxy) is 1. The first-order valence-corrected chi connectivity index (χ1v) is 9.73. The van der Waals surface area contributed by atoms with Crippen LogP contribution in [0, 0.1) is 11.2 Å². The second-order valence-corrected chi connectivity index (χ2v) is 8.48. The van der Waals surface area contributed by atoms with Crippen molar-refractivity contribution in [3.8, 4) is 0 Å². The zero-order chi connectivity index (χ0) is 19.2. The minimum Gasteiger partial charge on any atom is -0.393 e. The molecule has 1 aliphatic heterocycles. The van der Waals surface area contributed by atoms with E-state index in [1.54, 1.807) is 12.1 Å². The molecule has 1 aromatic carbocycles. The molecular weight excluding hydrogens is 343 g/mol. The maximum absolute atomic E-state index is 13.4. The highest BCUT2D eigenvalue weighted by molar-refractivity contribution is 5.86. The first kappa shape index (κ1) is 18.6. The van der Waals surface area contributed by atoms with Crippen molar-refractivity contribution in [1.82, 2.24) is 0 Å². The number of rotatable bonds is 4. The van der Waals surface area contributed by atoms with Gasteiger partial charge < -0.3 is 14.9 Å². The van der Waals surface area contributed by atoms with Crippen LogP contribution in [0.25, 0.3) is 5.57 Å². The van der Waals surface area contributed by atoms with Gasteiger partial charge in [-0.1, -0.05) is 30.4 Å². The topological polar surface area (TPSA) is 49.7 Å². The zero-order valence-corrected chi connectivity index (χ0v) is 15.9. The minimum absolute atomic E-state index is 0.0993. The average Bonchev–Trinajstić information content (AvgIpc) is 3.30. The van der Waals surface area contributed by atoms with Gasteiger partial charge in [0, 0.05) is 18.4 Å². The van der Waals surface area contributed by atoms with Crippen molar-refractivity contribution < 1.29 is 19.3 Å². The van der Waals surface area contributed by atoms with E-state index in [0.29, 0.717) is 19.4 Å². The Hall–Kier alpha value is -1.75. The summed E-state index contributed by atoms with van der Waals surface area (Å²) < 4.78 is 19.2. The van der Waals surface area contributed by atoms with Crippen LogP contribution in [0.4, 0.5) is 4.39 Å². The Morgan fingerprint density at radius 1 is 1.22 bits per heavy atom. The van der Waals surface area contributed by atoms with E-state index in [9.17, 15) is 14.6 Å². The lowest BCUT2D eigenvalue weighted by Crippen LogP contribution is -2.28. The number of aliphatic hydroxyl groups excluding tert-OH is 1. The Morgan fingerprint density at radius 3 is 2.52 bits per heavy atom. The molecule has 3 nitrogen and oxygen atoms in total. The van der Waals surface area contributed by atoms with Crippen LogP contribution >= 0.6 is 0 Å². The van der Waals surface area contributed by atoms with Crippen LogP contribution < -0.4 is 0 Å². The second kappa shape index (κ2) is 6.69. The van der Waals surface area contributed by atoms with E-state index in [1.807, 2.05) is 19.9 Å². The van der Waals surface area contributed by atoms with E-state index < -0.39 is 5.60 Å². The first-order chi connectivity index (χ1) is 12.8. The molecule has 0 amide bonds. The minimum atomic E-state index is -0.908.